The van der Waals surface area contributed by atoms with Crippen molar-refractivity contribution >= 4 is 0 Å². The van der Waals surface area contributed by atoms with Gasteiger partial charge in [-0.15, -0.1) is 0 Å². The molecule has 0 fully saturated rings. The van der Waals surface area contributed by atoms with E-state index in [2.05, 4.69) is 10.2 Å². The Morgan fingerprint density at radius 1 is 1.05 bits per heavy atom. The molecule has 0 saturated carbocycles. The van der Waals surface area contributed by atoms with E-state index in [4.69, 9.17) is 9.47 Å². The Bertz CT molecular complexity index is 592. The summed E-state index contributed by atoms with van der Waals surface area (Å²) in [6.07, 6.45) is -0.879. The standard InChI is InChI=1S/C15H18N2O3/c1-9-8-11(10(2)17-16-9)15(18)14-12(19-3)6-5-7-13(14)20-4/h5-8,15,18H,1-4H3. The first-order valence-electron chi connectivity index (χ1n) is 6.28. The predicted octanol–water partition coefficient (Wildman–Crippen LogP) is 2.19. The molecule has 0 saturated heterocycles. The van der Waals surface area contributed by atoms with Gasteiger partial charge < -0.3 is 14.6 Å². The minimum absolute atomic E-state index is 0.575. The number of aliphatic hydroxyl groups excluding tert-OH is 1. The summed E-state index contributed by atoms with van der Waals surface area (Å²) in [7, 11) is 3.13. The fourth-order valence-corrected chi connectivity index (χ4v) is 2.15. The molecule has 1 N–H and O–H groups in total. The van der Waals surface area contributed by atoms with Crippen molar-refractivity contribution in [2.75, 3.05) is 14.2 Å². The second-order valence-corrected chi connectivity index (χ2v) is 4.51. The molecular weight excluding hydrogens is 256 g/mol. The molecule has 1 aromatic heterocycles. The largest absolute Gasteiger partial charge is 0.496 e. The number of rotatable bonds is 4. The highest BCUT2D eigenvalue weighted by molar-refractivity contribution is 5.50. The fourth-order valence-electron chi connectivity index (χ4n) is 2.15. The monoisotopic (exact) mass is 274 g/mol. The Kier molecular flexibility index (Phi) is 4.20. The van der Waals surface area contributed by atoms with Crippen molar-refractivity contribution < 1.29 is 14.6 Å². The first kappa shape index (κ1) is 14.3. The minimum atomic E-state index is -0.879. The van der Waals surface area contributed by atoms with Crippen LogP contribution in [-0.4, -0.2) is 29.5 Å². The van der Waals surface area contributed by atoms with Crippen LogP contribution >= 0.6 is 0 Å². The van der Waals surface area contributed by atoms with Gasteiger partial charge in [0.05, 0.1) is 31.2 Å². The predicted molar refractivity (Wildman–Crippen MR) is 75.1 cm³/mol. The van der Waals surface area contributed by atoms with Gasteiger partial charge in [0.25, 0.3) is 0 Å². The normalized spacial score (nSPS) is 12.1. The third-order valence-corrected chi connectivity index (χ3v) is 3.17. The average molecular weight is 274 g/mol. The molecule has 0 aliphatic rings. The van der Waals surface area contributed by atoms with Crippen molar-refractivity contribution in [1.29, 1.82) is 0 Å². The van der Waals surface area contributed by atoms with Crippen LogP contribution in [0, 0.1) is 13.8 Å². The van der Waals surface area contributed by atoms with Crippen LogP contribution in [0.3, 0.4) is 0 Å². The van der Waals surface area contributed by atoms with Crippen molar-refractivity contribution in [1.82, 2.24) is 10.2 Å². The molecule has 0 radical (unpaired) electrons. The molecule has 0 bridgehead atoms. The highest BCUT2D eigenvalue weighted by Crippen LogP contribution is 2.37. The van der Waals surface area contributed by atoms with Gasteiger partial charge in [0, 0.05) is 5.56 Å². The quantitative estimate of drug-likeness (QED) is 0.926. The number of nitrogens with zero attached hydrogens (tertiary/aromatic N) is 2. The third kappa shape index (κ3) is 2.58. The molecule has 0 amide bonds. The Balaban J connectivity index is 2.58. The van der Waals surface area contributed by atoms with Gasteiger partial charge in [0.1, 0.15) is 17.6 Å². The molecule has 106 valence electrons. The Labute approximate surface area is 118 Å². The van der Waals surface area contributed by atoms with Crippen LogP contribution in [0.2, 0.25) is 0 Å². The average Bonchev–Trinajstić information content (AvgIpc) is 2.48. The van der Waals surface area contributed by atoms with Crippen molar-refractivity contribution in [2.45, 2.75) is 20.0 Å². The highest BCUT2D eigenvalue weighted by atomic mass is 16.5. The van der Waals surface area contributed by atoms with E-state index in [0.717, 1.165) is 5.69 Å². The van der Waals surface area contributed by atoms with Crippen molar-refractivity contribution in [2.24, 2.45) is 0 Å². The summed E-state index contributed by atoms with van der Waals surface area (Å²) in [6, 6.07) is 7.21. The zero-order valence-corrected chi connectivity index (χ0v) is 12.0. The van der Waals surface area contributed by atoms with E-state index in [-0.39, 0.29) is 0 Å². The summed E-state index contributed by atoms with van der Waals surface area (Å²) in [5.41, 5.74) is 2.71. The number of methoxy groups -OCH3 is 2. The van der Waals surface area contributed by atoms with E-state index in [0.29, 0.717) is 28.3 Å². The maximum Gasteiger partial charge on any atom is 0.128 e. The molecule has 0 aliphatic carbocycles. The van der Waals surface area contributed by atoms with Crippen molar-refractivity contribution in [3.8, 4) is 11.5 Å². The van der Waals surface area contributed by atoms with Gasteiger partial charge in [-0.05, 0) is 32.0 Å². The molecule has 1 aromatic carbocycles. The van der Waals surface area contributed by atoms with Gasteiger partial charge in [-0.1, -0.05) is 6.07 Å². The molecule has 20 heavy (non-hydrogen) atoms. The van der Waals surface area contributed by atoms with E-state index in [1.807, 2.05) is 26.0 Å². The Morgan fingerprint density at radius 2 is 1.65 bits per heavy atom. The number of aromatic nitrogens is 2. The first-order chi connectivity index (χ1) is 9.58. The van der Waals surface area contributed by atoms with Crippen LogP contribution in [0.4, 0.5) is 0 Å². The van der Waals surface area contributed by atoms with Crippen molar-refractivity contribution in [3.05, 3.63) is 46.8 Å². The van der Waals surface area contributed by atoms with Gasteiger partial charge in [0.15, 0.2) is 0 Å². The lowest BCUT2D eigenvalue weighted by Crippen LogP contribution is -2.08. The molecule has 1 heterocycles. The fraction of sp³-hybridized carbons (Fsp3) is 0.333. The van der Waals surface area contributed by atoms with Crippen molar-refractivity contribution in [3.63, 3.8) is 0 Å². The molecule has 5 nitrogen and oxygen atoms in total. The molecule has 2 aromatic rings. The summed E-state index contributed by atoms with van der Waals surface area (Å²) < 4.78 is 10.6. The number of hydrogen-bond donors (Lipinski definition) is 1. The lowest BCUT2D eigenvalue weighted by molar-refractivity contribution is 0.207. The lowest BCUT2D eigenvalue weighted by atomic mass is 9.98. The summed E-state index contributed by atoms with van der Waals surface area (Å²) >= 11 is 0. The number of hydrogen-bond acceptors (Lipinski definition) is 5. The van der Waals surface area contributed by atoms with Gasteiger partial charge >= 0.3 is 0 Å². The summed E-state index contributed by atoms with van der Waals surface area (Å²) in [4.78, 5) is 0. The van der Waals surface area contributed by atoms with E-state index < -0.39 is 6.10 Å². The van der Waals surface area contributed by atoms with E-state index in [1.54, 1.807) is 26.4 Å². The number of ether oxygens (including phenoxy) is 2. The van der Waals surface area contributed by atoms with E-state index >= 15 is 0 Å². The SMILES string of the molecule is COc1cccc(OC)c1C(O)c1cc(C)nnc1C. The van der Waals surface area contributed by atoms with Crippen LogP contribution in [0.15, 0.2) is 24.3 Å². The summed E-state index contributed by atoms with van der Waals surface area (Å²) in [5, 5.41) is 18.7. The molecular formula is C15H18N2O3. The number of aliphatic hydroxyl groups is 1. The highest BCUT2D eigenvalue weighted by Gasteiger charge is 2.22. The molecule has 1 unspecified atom stereocenters. The van der Waals surface area contributed by atoms with E-state index in [9.17, 15) is 5.11 Å². The zero-order valence-electron chi connectivity index (χ0n) is 12.0. The van der Waals surface area contributed by atoms with Crippen LogP contribution in [-0.2, 0) is 0 Å². The maximum absolute atomic E-state index is 10.7. The summed E-state index contributed by atoms with van der Waals surface area (Å²) in [6.45, 7) is 3.65. The van der Waals surface area contributed by atoms with Crippen LogP contribution < -0.4 is 9.47 Å². The second-order valence-electron chi connectivity index (χ2n) is 4.51. The summed E-state index contributed by atoms with van der Waals surface area (Å²) in [5.74, 6) is 1.15. The van der Waals surface area contributed by atoms with Gasteiger partial charge in [-0.25, -0.2) is 0 Å². The smallest absolute Gasteiger partial charge is 0.128 e. The molecule has 5 heteroatoms. The minimum Gasteiger partial charge on any atom is -0.496 e. The molecule has 0 spiro atoms. The van der Waals surface area contributed by atoms with E-state index in [1.165, 1.54) is 0 Å². The zero-order chi connectivity index (χ0) is 14.7. The van der Waals surface area contributed by atoms with Crippen LogP contribution in [0.5, 0.6) is 11.5 Å². The molecule has 1 atom stereocenters. The van der Waals surface area contributed by atoms with Gasteiger partial charge in [-0.3, -0.25) is 0 Å². The number of aryl methyl sites for hydroxylation is 2. The first-order valence-corrected chi connectivity index (χ1v) is 6.28. The van der Waals surface area contributed by atoms with Crippen LogP contribution in [0.1, 0.15) is 28.6 Å². The third-order valence-electron chi connectivity index (χ3n) is 3.17. The number of benzene rings is 1. The van der Waals surface area contributed by atoms with Gasteiger partial charge in [0.2, 0.25) is 0 Å². The topological polar surface area (TPSA) is 64.5 Å². The van der Waals surface area contributed by atoms with Crippen LogP contribution in [0.25, 0.3) is 0 Å². The lowest BCUT2D eigenvalue weighted by Gasteiger charge is -2.19. The Hall–Kier alpha value is -2.14. The van der Waals surface area contributed by atoms with Gasteiger partial charge in [-0.2, -0.15) is 10.2 Å². The molecule has 2 rings (SSSR count). The Morgan fingerprint density at radius 3 is 2.20 bits per heavy atom. The maximum atomic E-state index is 10.7. The molecule has 0 aliphatic heterocycles. The second kappa shape index (κ2) is 5.88.